The van der Waals surface area contributed by atoms with Gasteiger partial charge in [-0.05, 0) is 0 Å². The number of methoxy groups -OCH3 is 1. The number of ether oxygens (including phenoxy) is 1. The first kappa shape index (κ1) is 8.50. The Labute approximate surface area is 62.4 Å². The molecule has 0 aromatic carbocycles. The van der Waals surface area contributed by atoms with E-state index in [1.165, 1.54) is 20.9 Å². The van der Waals surface area contributed by atoms with E-state index in [1.54, 1.807) is 7.11 Å². The molecule has 3 heteroatoms. The molecule has 0 saturated heterocycles. The van der Waals surface area contributed by atoms with Crippen LogP contribution in [0.4, 0.5) is 0 Å². The number of nitrogens with zero attached hydrogens (tertiary/aromatic N) is 1. The van der Waals surface area contributed by atoms with E-state index in [0.29, 0.717) is 6.61 Å². The molecule has 0 radical (unpaired) electrons. The molecule has 0 unspecified atom stereocenters. The summed E-state index contributed by atoms with van der Waals surface area (Å²) in [4.78, 5) is 0. The summed E-state index contributed by atoms with van der Waals surface area (Å²) >= 11 is 1.48. The Kier molecular flexibility index (Phi) is 3.73. The normalized spacial score (nSPS) is 11.2. The molecule has 47 valence electrons. The third-order valence-corrected chi connectivity index (χ3v) is 2.10. The Morgan fingerprint density at radius 3 is 2.25 bits per heavy atom. The molecular weight excluding hydrogens is 183 g/mol. The predicted molar refractivity (Wildman–Crippen MR) is 28.4 cm³/mol. The maximum atomic E-state index is 4.91. The van der Waals surface area contributed by atoms with Crippen LogP contribution in [0.3, 0.4) is 0 Å². The quantitative estimate of drug-likeness (QED) is 0.617. The van der Waals surface area contributed by atoms with Gasteiger partial charge >= 0.3 is 62.1 Å². The van der Waals surface area contributed by atoms with Gasteiger partial charge in [-0.2, -0.15) is 0 Å². The van der Waals surface area contributed by atoms with Crippen molar-refractivity contribution in [2.75, 3.05) is 13.7 Å². The van der Waals surface area contributed by atoms with Crippen molar-refractivity contribution in [3.63, 3.8) is 0 Å². The maximum absolute atomic E-state index is 4.91. The first-order chi connectivity index (χ1) is 3.62. The van der Waals surface area contributed by atoms with Crippen molar-refractivity contribution in [1.29, 1.82) is 0 Å². The van der Waals surface area contributed by atoms with Gasteiger partial charge in [0.15, 0.2) is 0 Å². The molecule has 0 bridgehead atoms. The molecule has 8 heavy (non-hydrogen) atoms. The summed E-state index contributed by atoms with van der Waals surface area (Å²) in [5, 5.41) is 0. The Hall–Kier alpha value is 0.500. The van der Waals surface area contributed by atoms with Crippen LogP contribution in [0.1, 0.15) is 13.8 Å². The fourth-order valence-electron chi connectivity index (χ4n) is 0.382. The molecule has 0 aromatic rings. The van der Waals surface area contributed by atoms with E-state index < -0.39 is 0 Å². The van der Waals surface area contributed by atoms with E-state index in [2.05, 4.69) is 17.2 Å². The Morgan fingerprint density at radius 1 is 1.62 bits per heavy atom. The molecule has 0 rings (SSSR count). The first-order valence-electron chi connectivity index (χ1n) is 2.47. The second kappa shape index (κ2) is 3.51. The third-order valence-electron chi connectivity index (χ3n) is 0.768. The van der Waals surface area contributed by atoms with E-state index in [1.807, 2.05) is 0 Å². The fraction of sp³-hybridized carbons (Fsp3) is 1.00. The van der Waals surface area contributed by atoms with Crippen LogP contribution in [0.5, 0.6) is 0 Å². The minimum absolute atomic E-state index is 0.0170. The van der Waals surface area contributed by atoms with Crippen LogP contribution in [0.25, 0.3) is 0 Å². The van der Waals surface area contributed by atoms with Crippen LogP contribution in [-0.2, 0) is 25.6 Å². The summed E-state index contributed by atoms with van der Waals surface area (Å²) in [7, 11) is 1.69. The van der Waals surface area contributed by atoms with Gasteiger partial charge in [-0.3, -0.25) is 0 Å². The molecular formula is C5H11NNbO. The van der Waals surface area contributed by atoms with Crippen molar-refractivity contribution in [3.05, 3.63) is 0 Å². The summed E-state index contributed by atoms with van der Waals surface area (Å²) in [6.45, 7) is 4.81. The van der Waals surface area contributed by atoms with Gasteiger partial charge in [0.2, 0.25) is 0 Å². The molecule has 0 aliphatic rings. The topological polar surface area (TPSA) is 21.6 Å². The van der Waals surface area contributed by atoms with E-state index in [-0.39, 0.29) is 5.54 Å². The molecule has 0 amide bonds. The van der Waals surface area contributed by atoms with Crippen molar-refractivity contribution in [2.45, 2.75) is 19.4 Å². The summed E-state index contributed by atoms with van der Waals surface area (Å²) < 4.78 is 9.05. The second-order valence-corrected chi connectivity index (χ2v) is 2.84. The van der Waals surface area contributed by atoms with Gasteiger partial charge in [0.25, 0.3) is 0 Å². The molecule has 0 fully saturated rings. The minimum atomic E-state index is 0.0170. The first-order valence-corrected chi connectivity index (χ1v) is 3.46. The standard InChI is InChI=1S/C5H11NO.Nb/c1-5(2,6)4-7-3;/h4H2,1-3H3;. The van der Waals surface area contributed by atoms with Crippen LogP contribution in [0.15, 0.2) is 3.34 Å². The van der Waals surface area contributed by atoms with E-state index in [4.69, 9.17) is 4.74 Å². The average Bonchev–Trinajstić information content (AvgIpc) is 1.67. The third kappa shape index (κ3) is 3.50. The second-order valence-electron chi connectivity index (χ2n) is 2.35. The summed E-state index contributed by atoms with van der Waals surface area (Å²) in [5.41, 5.74) is 0.0170. The number of hydrogen-bond acceptors (Lipinski definition) is 2. The Morgan fingerprint density at radius 2 is 2.12 bits per heavy atom. The van der Waals surface area contributed by atoms with Crippen molar-refractivity contribution < 1.29 is 25.6 Å². The van der Waals surface area contributed by atoms with Crippen molar-refractivity contribution in [3.8, 4) is 0 Å². The van der Waals surface area contributed by atoms with Gasteiger partial charge in [0.1, 0.15) is 0 Å². The average molecular weight is 194 g/mol. The van der Waals surface area contributed by atoms with E-state index in [0.717, 1.165) is 0 Å². The Bertz CT molecular complexity index is 82.5. The molecule has 0 aromatic heterocycles. The zero-order valence-electron chi connectivity index (χ0n) is 5.51. The number of hydrogen-bond donors (Lipinski definition) is 0. The summed E-state index contributed by atoms with van der Waals surface area (Å²) in [6.07, 6.45) is 0. The van der Waals surface area contributed by atoms with Crippen molar-refractivity contribution >= 4 is 0 Å². The van der Waals surface area contributed by atoms with Crippen molar-refractivity contribution in [2.24, 2.45) is 3.34 Å². The zero-order valence-corrected chi connectivity index (χ0v) is 7.71. The zero-order chi connectivity index (χ0) is 6.62. The molecule has 2 nitrogen and oxygen atoms in total. The SMILES string of the molecule is COCC(C)(C)[N]=[Nb]. The molecule has 0 spiro atoms. The molecule has 0 saturated carbocycles. The summed E-state index contributed by atoms with van der Waals surface area (Å²) in [6, 6.07) is 0. The van der Waals surface area contributed by atoms with Crippen LogP contribution >= 0.6 is 0 Å². The Balaban J connectivity index is 3.53. The predicted octanol–water partition coefficient (Wildman–Crippen LogP) is 1.14. The number of rotatable bonds is 3. The van der Waals surface area contributed by atoms with Crippen LogP contribution < -0.4 is 0 Å². The molecule has 0 aliphatic carbocycles. The van der Waals surface area contributed by atoms with Gasteiger partial charge in [0, 0.05) is 0 Å². The van der Waals surface area contributed by atoms with Crippen LogP contribution in [-0.4, -0.2) is 19.3 Å². The summed E-state index contributed by atoms with van der Waals surface area (Å²) in [5.74, 6) is 0. The van der Waals surface area contributed by atoms with Crippen LogP contribution in [0, 0.1) is 0 Å². The molecule has 0 atom stereocenters. The van der Waals surface area contributed by atoms with Crippen molar-refractivity contribution in [1.82, 2.24) is 0 Å². The van der Waals surface area contributed by atoms with Gasteiger partial charge in [-0.15, -0.1) is 0 Å². The monoisotopic (exact) mass is 194 g/mol. The van der Waals surface area contributed by atoms with E-state index >= 15 is 0 Å². The molecule has 0 N–H and O–H groups in total. The van der Waals surface area contributed by atoms with Crippen LogP contribution in [0.2, 0.25) is 0 Å². The van der Waals surface area contributed by atoms with Gasteiger partial charge < -0.3 is 0 Å². The van der Waals surface area contributed by atoms with E-state index in [9.17, 15) is 0 Å². The van der Waals surface area contributed by atoms with Gasteiger partial charge in [0.05, 0.1) is 0 Å². The molecule has 0 aliphatic heterocycles. The van der Waals surface area contributed by atoms with Gasteiger partial charge in [-0.25, -0.2) is 0 Å². The fourth-order valence-corrected chi connectivity index (χ4v) is 0.524. The van der Waals surface area contributed by atoms with Gasteiger partial charge in [-0.1, -0.05) is 0 Å². The molecule has 0 heterocycles.